The molecule has 1 aliphatic heterocycles. The number of halogens is 3. The Bertz CT molecular complexity index is 838. The summed E-state index contributed by atoms with van der Waals surface area (Å²) < 4.78 is 44.5. The van der Waals surface area contributed by atoms with E-state index in [1.165, 1.54) is 0 Å². The first-order valence-corrected chi connectivity index (χ1v) is 9.19. The van der Waals surface area contributed by atoms with Crippen LogP contribution in [0, 0.1) is 5.92 Å². The van der Waals surface area contributed by atoms with Gasteiger partial charge in [0.15, 0.2) is 0 Å². The van der Waals surface area contributed by atoms with Gasteiger partial charge in [-0.25, -0.2) is 4.79 Å². The summed E-state index contributed by atoms with van der Waals surface area (Å²) in [7, 11) is 0. The minimum Gasteiger partial charge on any atom is -0.448 e. The topological polar surface area (TPSA) is 49.8 Å². The number of amides is 1. The third-order valence-corrected chi connectivity index (χ3v) is 5.66. The molecule has 4 rings (SSSR count). The van der Waals surface area contributed by atoms with Gasteiger partial charge in [-0.1, -0.05) is 48.5 Å². The minimum absolute atomic E-state index is 0.0399. The van der Waals surface area contributed by atoms with Gasteiger partial charge in [0.25, 0.3) is 0 Å². The third-order valence-electron chi connectivity index (χ3n) is 5.66. The summed E-state index contributed by atoms with van der Waals surface area (Å²) in [6, 6.07) is 14.8. The lowest BCUT2D eigenvalue weighted by Gasteiger charge is -2.23. The number of benzene rings is 2. The Morgan fingerprint density at radius 3 is 2.18 bits per heavy atom. The van der Waals surface area contributed by atoms with Crippen LogP contribution in [0.3, 0.4) is 0 Å². The zero-order valence-corrected chi connectivity index (χ0v) is 15.0. The molecule has 7 heteroatoms. The van der Waals surface area contributed by atoms with Crippen LogP contribution in [-0.2, 0) is 4.74 Å². The largest absolute Gasteiger partial charge is 0.448 e. The molecule has 1 saturated heterocycles. The Balaban J connectivity index is 1.50. The summed E-state index contributed by atoms with van der Waals surface area (Å²) in [5, 5.41) is 9.39. The number of ether oxygens (including phenoxy) is 1. The molecule has 0 saturated carbocycles. The highest BCUT2D eigenvalue weighted by Crippen LogP contribution is 2.44. The molecule has 1 N–H and O–H groups in total. The van der Waals surface area contributed by atoms with E-state index in [9.17, 15) is 23.1 Å². The molecule has 1 fully saturated rings. The zero-order valence-electron chi connectivity index (χ0n) is 15.0. The molecule has 0 unspecified atom stereocenters. The van der Waals surface area contributed by atoms with Gasteiger partial charge < -0.3 is 14.7 Å². The van der Waals surface area contributed by atoms with E-state index in [0.29, 0.717) is 0 Å². The van der Waals surface area contributed by atoms with E-state index in [4.69, 9.17) is 4.74 Å². The van der Waals surface area contributed by atoms with Crippen molar-refractivity contribution in [2.75, 3.05) is 19.8 Å². The molecule has 148 valence electrons. The second kappa shape index (κ2) is 7.13. The summed E-state index contributed by atoms with van der Waals surface area (Å²) >= 11 is 0. The van der Waals surface area contributed by atoms with E-state index < -0.39 is 37.4 Å². The van der Waals surface area contributed by atoms with Gasteiger partial charge >= 0.3 is 12.3 Å². The van der Waals surface area contributed by atoms with Crippen LogP contribution in [0.5, 0.6) is 0 Å². The Kier molecular flexibility index (Phi) is 4.79. The smallest absolute Gasteiger partial charge is 0.410 e. The molecular formula is C21H20F3NO3. The van der Waals surface area contributed by atoms with Crippen molar-refractivity contribution < 1.29 is 27.8 Å². The molecule has 2 aliphatic rings. The molecule has 0 bridgehead atoms. The fourth-order valence-electron chi connectivity index (χ4n) is 4.23. The predicted octanol–water partition coefficient (Wildman–Crippen LogP) is 4.18. The van der Waals surface area contributed by atoms with Gasteiger partial charge in [-0.2, -0.15) is 13.2 Å². The number of rotatable bonds is 3. The quantitative estimate of drug-likeness (QED) is 0.854. The summed E-state index contributed by atoms with van der Waals surface area (Å²) in [6.45, 7) is -0.958. The fraction of sp³-hybridized carbons (Fsp3) is 0.381. The molecule has 1 heterocycles. The summed E-state index contributed by atoms with van der Waals surface area (Å²) in [5.74, 6) is -1.80. The third kappa shape index (κ3) is 3.24. The maximum atomic E-state index is 13.0. The Hall–Kier alpha value is -2.54. The lowest BCUT2D eigenvalue weighted by atomic mass is 9.98. The number of carbonyl (C=O) groups is 1. The first-order valence-electron chi connectivity index (χ1n) is 9.19. The minimum atomic E-state index is -4.40. The van der Waals surface area contributed by atoms with Crippen molar-refractivity contribution in [3.8, 4) is 11.1 Å². The number of aliphatic hydroxyl groups is 1. The summed E-state index contributed by atoms with van der Waals surface area (Å²) in [5.41, 5.74) is 4.21. The van der Waals surface area contributed by atoms with Crippen molar-refractivity contribution in [1.82, 2.24) is 4.90 Å². The molecule has 2 atom stereocenters. The number of hydrogen-bond donors (Lipinski definition) is 1. The van der Waals surface area contributed by atoms with Crippen LogP contribution in [0.2, 0.25) is 0 Å². The molecule has 0 radical (unpaired) electrons. The molecule has 1 amide bonds. The first kappa shape index (κ1) is 18.8. The van der Waals surface area contributed by atoms with Crippen LogP contribution in [0.25, 0.3) is 11.1 Å². The van der Waals surface area contributed by atoms with Crippen LogP contribution in [-0.4, -0.2) is 48.1 Å². The predicted molar refractivity (Wildman–Crippen MR) is 96.8 cm³/mol. The van der Waals surface area contributed by atoms with E-state index in [0.717, 1.165) is 27.2 Å². The molecule has 4 nitrogen and oxygen atoms in total. The summed E-state index contributed by atoms with van der Waals surface area (Å²) in [6.07, 6.45) is -5.51. The van der Waals surface area contributed by atoms with Crippen molar-refractivity contribution in [3.63, 3.8) is 0 Å². The molecule has 0 spiro atoms. The van der Waals surface area contributed by atoms with Crippen molar-refractivity contribution in [3.05, 3.63) is 59.7 Å². The van der Waals surface area contributed by atoms with Crippen molar-refractivity contribution >= 4 is 6.09 Å². The van der Waals surface area contributed by atoms with Gasteiger partial charge in [0, 0.05) is 12.5 Å². The molecular weight excluding hydrogens is 371 g/mol. The summed E-state index contributed by atoms with van der Waals surface area (Å²) in [4.78, 5) is 13.5. The SMILES string of the molecule is O=C(OCC1c2ccccc2-c2ccccc21)N1C[C@@H](C(F)(F)F)C[C@H]1CO. The molecule has 2 aromatic rings. The van der Waals surface area contributed by atoms with E-state index in [2.05, 4.69) is 0 Å². The number of nitrogens with zero attached hydrogens (tertiary/aromatic N) is 1. The highest BCUT2D eigenvalue weighted by molar-refractivity contribution is 5.79. The van der Waals surface area contributed by atoms with Crippen LogP contribution in [0.1, 0.15) is 23.5 Å². The molecule has 28 heavy (non-hydrogen) atoms. The monoisotopic (exact) mass is 391 g/mol. The van der Waals surface area contributed by atoms with Crippen LogP contribution >= 0.6 is 0 Å². The van der Waals surface area contributed by atoms with E-state index in [-0.39, 0.29) is 18.9 Å². The number of aliphatic hydroxyl groups excluding tert-OH is 1. The van der Waals surface area contributed by atoms with Gasteiger partial charge in [-0.3, -0.25) is 0 Å². The molecule has 1 aliphatic carbocycles. The van der Waals surface area contributed by atoms with Gasteiger partial charge in [0.1, 0.15) is 6.61 Å². The normalized spacial score (nSPS) is 21.5. The Morgan fingerprint density at radius 2 is 1.64 bits per heavy atom. The molecule has 2 aromatic carbocycles. The second-order valence-corrected chi connectivity index (χ2v) is 7.27. The Labute approximate surface area is 160 Å². The average molecular weight is 391 g/mol. The number of likely N-dealkylation sites (tertiary alicyclic amines) is 1. The fourth-order valence-corrected chi connectivity index (χ4v) is 4.23. The van der Waals surface area contributed by atoms with E-state index in [1.54, 1.807) is 0 Å². The van der Waals surface area contributed by atoms with Crippen LogP contribution in [0.4, 0.5) is 18.0 Å². The first-order chi connectivity index (χ1) is 13.4. The van der Waals surface area contributed by atoms with E-state index >= 15 is 0 Å². The lowest BCUT2D eigenvalue weighted by Crippen LogP contribution is -2.39. The maximum Gasteiger partial charge on any atom is 0.410 e. The van der Waals surface area contributed by atoms with Gasteiger partial charge in [0.05, 0.1) is 18.6 Å². The standard InChI is InChI=1S/C21H20F3NO3/c22-21(23,24)13-9-14(11-26)25(10-13)20(27)28-12-19-17-7-3-1-5-15(17)16-6-2-4-8-18(16)19/h1-8,13-14,19,26H,9-12H2/t13-,14-/m0/s1. The Morgan fingerprint density at radius 1 is 1.07 bits per heavy atom. The van der Waals surface area contributed by atoms with Crippen LogP contribution < -0.4 is 0 Å². The number of fused-ring (bicyclic) bond motifs is 3. The highest BCUT2D eigenvalue weighted by Gasteiger charge is 2.49. The lowest BCUT2D eigenvalue weighted by molar-refractivity contribution is -0.170. The highest BCUT2D eigenvalue weighted by atomic mass is 19.4. The zero-order chi connectivity index (χ0) is 19.9. The van der Waals surface area contributed by atoms with Crippen molar-refractivity contribution in [1.29, 1.82) is 0 Å². The number of alkyl halides is 3. The van der Waals surface area contributed by atoms with Crippen LogP contribution in [0.15, 0.2) is 48.5 Å². The van der Waals surface area contributed by atoms with Gasteiger partial charge in [-0.15, -0.1) is 0 Å². The second-order valence-electron chi connectivity index (χ2n) is 7.27. The van der Waals surface area contributed by atoms with Crippen molar-refractivity contribution in [2.45, 2.75) is 24.6 Å². The van der Waals surface area contributed by atoms with Crippen molar-refractivity contribution in [2.24, 2.45) is 5.92 Å². The number of hydrogen-bond acceptors (Lipinski definition) is 3. The van der Waals surface area contributed by atoms with Gasteiger partial charge in [0.2, 0.25) is 0 Å². The molecule has 0 aromatic heterocycles. The maximum absolute atomic E-state index is 13.0. The van der Waals surface area contributed by atoms with Gasteiger partial charge in [-0.05, 0) is 28.7 Å². The van der Waals surface area contributed by atoms with E-state index in [1.807, 2.05) is 48.5 Å². The number of carbonyl (C=O) groups excluding carboxylic acids is 1. The average Bonchev–Trinajstić information content (AvgIpc) is 3.26.